The molecule has 0 aliphatic heterocycles. The van der Waals surface area contributed by atoms with E-state index in [1.54, 1.807) is 4.90 Å². The topological polar surface area (TPSA) is 78.4 Å². The summed E-state index contributed by atoms with van der Waals surface area (Å²) in [4.78, 5) is 13.5. The van der Waals surface area contributed by atoms with E-state index >= 15 is 0 Å². The molecule has 2 N–H and O–H groups in total. The standard InChI is InChI=1S/C10H18N4O2S/c1-3-5-11-10-13-12-8(17-10)9(16)14(4-2)6-7-15/h15H,3-7H2,1-2H3,(H,11,13). The van der Waals surface area contributed by atoms with E-state index in [4.69, 9.17) is 5.11 Å². The van der Waals surface area contributed by atoms with Crippen molar-refractivity contribution in [1.82, 2.24) is 15.1 Å². The zero-order chi connectivity index (χ0) is 12.7. The van der Waals surface area contributed by atoms with Gasteiger partial charge in [0, 0.05) is 19.6 Å². The van der Waals surface area contributed by atoms with Gasteiger partial charge in [-0.3, -0.25) is 4.79 Å². The van der Waals surface area contributed by atoms with Gasteiger partial charge in [-0.15, -0.1) is 10.2 Å². The number of anilines is 1. The molecule has 0 spiro atoms. The highest BCUT2D eigenvalue weighted by Crippen LogP contribution is 2.16. The third kappa shape index (κ3) is 3.94. The molecule has 0 bridgehead atoms. The monoisotopic (exact) mass is 258 g/mol. The number of aliphatic hydroxyl groups is 1. The summed E-state index contributed by atoms with van der Waals surface area (Å²) in [6.07, 6.45) is 0.995. The molecule has 0 unspecified atom stereocenters. The summed E-state index contributed by atoms with van der Waals surface area (Å²) in [7, 11) is 0. The molecule has 0 fully saturated rings. The third-order valence-electron chi connectivity index (χ3n) is 2.17. The van der Waals surface area contributed by atoms with Crippen molar-refractivity contribution < 1.29 is 9.90 Å². The zero-order valence-electron chi connectivity index (χ0n) is 10.1. The molecule has 17 heavy (non-hydrogen) atoms. The van der Waals surface area contributed by atoms with E-state index in [2.05, 4.69) is 22.4 Å². The highest BCUT2D eigenvalue weighted by molar-refractivity contribution is 7.17. The molecule has 1 aromatic heterocycles. The summed E-state index contributed by atoms with van der Waals surface area (Å²) >= 11 is 1.24. The average Bonchev–Trinajstić information content (AvgIpc) is 2.81. The fourth-order valence-electron chi connectivity index (χ4n) is 1.27. The summed E-state index contributed by atoms with van der Waals surface area (Å²) in [5.41, 5.74) is 0. The average molecular weight is 258 g/mol. The molecule has 1 amide bonds. The van der Waals surface area contributed by atoms with E-state index in [0.29, 0.717) is 23.2 Å². The van der Waals surface area contributed by atoms with Crippen molar-refractivity contribution in [3.05, 3.63) is 5.01 Å². The van der Waals surface area contributed by atoms with Crippen LogP contribution in [-0.4, -0.2) is 52.4 Å². The van der Waals surface area contributed by atoms with E-state index in [1.807, 2.05) is 6.92 Å². The smallest absolute Gasteiger partial charge is 0.284 e. The summed E-state index contributed by atoms with van der Waals surface area (Å²) in [6, 6.07) is 0. The van der Waals surface area contributed by atoms with Crippen molar-refractivity contribution >= 4 is 22.4 Å². The molecule has 1 rings (SSSR count). The van der Waals surface area contributed by atoms with Crippen molar-refractivity contribution in [3.63, 3.8) is 0 Å². The lowest BCUT2D eigenvalue weighted by Crippen LogP contribution is -2.33. The van der Waals surface area contributed by atoms with E-state index in [9.17, 15) is 4.79 Å². The van der Waals surface area contributed by atoms with Crippen LogP contribution in [0.4, 0.5) is 5.13 Å². The largest absolute Gasteiger partial charge is 0.395 e. The number of nitrogens with zero attached hydrogens (tertiary/aromatic N) is 3. The maximum absolute atomic E-state index is 11.9. The minimum Gasteiger partial charge on any atom is -0.395 e. The fraction of sp³-hybridized carbons (Fsp3) is 0.700. The zero-order valence-corrected chi connectivity index (χ0v) is 11.0. The normalized spacial score (nSPS) is 10.3. The van der Waals surface area contributed by atoms with Crippen LogP contribution in [-0.2, 0) is 0 Å². The van der Waals surface area contributed by atoms with Crippen LogP contribution in [0, 0.1) is 0 Å². The van der Waals surface area contributed by atoms with Gasteiger partial charge in [0.25, 0.3) is 5.91 Å². The van der Waals surface area contributed by atoms with Gasteiger partial charge in [-0.1, -0.05) is 18.3 Å². The van der Waals surface area contributed by atoms with Crippen molar-refractivity contribution in [1.29, 1.82) is 0 Å². The Bertz CT molecular complexity index is 356. The maximum atomic E-state index is 11.9. The van der Waals surface area contributed by atoms with Crippen LogP contribution in [0.15, 0.2) is 0 Å². The predicted octanol–water partition coefficient (Wildman–Crippen LogP) is 0.814. The van der Waals surface area contributed by atoms with E-state index in [1.165, 1.54) is 11.3 Å². The van der Waals surface area contributed by atoms with Gasteiger partial charge in [0.05, 0.1) is 6.61 Å². The van der Waals surface area contributed by atoms with Gasteiger partial charge in [-0.25, -0.2) is 0 Å². The molecule has 7 heteroatoms. The Labute approximate surface area is 105 Å². The van der Waals surface area contributed by atoms with Gasteiger partial charge in [-0.05, 0) is 13.3 Å². The Morgan fingerprint density at radius 2 is 2.24 bits per heavy atom. The molecule has 6 nitrogen and oxygen atoms in total. The maximum Gasteiger partial charge on any atom is 0.284 e. The molecule has 0 saturated heterocycles. The van der Waals surface area contributed by atoms with Crippen LogP contribution in [0.25, 0.3) is 0 Å². The number of rotatable bonds is 7. The molecular formula is C10H18N4O2S. The molecule has 96 valence electrons. The highest BCUT2D eigenvalue weighted by atomic mass is 32.1. The Hall–Kier alpha value is -1.21. The fourth-order valence-corrected chi connectivity index (χ4v) is 2.01. The predicted molar refractivity (Wildman–Crippen MR) is 67.4 cm³/mol. The highest BCUT2D eigenvalue weighted by Gasteiger charge is 2.18. The van der Waals surface area contributed by atoms with Gasteiger partial charge in [-0.2, -0.15) is 0 Å². The lowest BCUT2D eigenvalue weighted by Gasteiger charge is -2.17. The first-order valence-corrected chi connectivity index (χ1v) is 6.52. The number of aliphatic hydroxyl groups excluding tert-OH is 1. The number of hydrogen-bond acceptors (Lipinski definition) is 6. The molecule has 0 aliphatic rings. The Morgan fingerprint density at radius 3 is 2.82 bits per heavy atom. The molecule has 1 heterocycles. The second-order valence-electron chi connectivity index (χ2n) is 3.45. The van der Waals surface area contributed by atoms with Crippen molar-refractivity contribution in [2.45, 2.75) is 20.3 Å². The van der Waals surface area contributed by atoms with E-state index in [0.717, 1.165) is 13.0 Å². The Kier molecular flexibility index (Phi) is 5.85. The summed E-state index contributed by atoms with van der Waals surface area (Å²) in [5, 5.41) is 20.7. The van der Waals surface area contributed by atoms with Gasteiger partial charge in [0.15, 0.2) is 0 Å². The van der Waals surface area contributed by atoms with Crippen molar-refractivity contribution in [2.24, 2.45) is 0 Å². The molecule has 0 saturated carbocycles. The molecule has 0 aliphatic carbocycles. The first kappa shape index (κ1) is 13.9. The number of hydrogen-bond donors (Lipinski definition) is 2. The number of carbonyl (C=O) groups is 1. The van der Waals surface area contributed by atoms with Crippen molar-refractivity contribution in [2.75, 3.05) is 31.6 Å². The SMILES string of the molecule is CCCNc1nnc(C(=O)N(CC)CCO)s1. The van der Waals surface area contributed by atoms with Crippen LogP contribution in [0.3, 0.4) is 0 Å². The molecular weight excluding hydrogens is 240 g/mol. The molecule has 1 aromatic rings. The second-order valence-corrected chi connectivity index (χ2v) is 4.43. The number of nitrogens with one attached hydrogen (secondary N) is 1. The van der Waals surface area contributed by atoms with E-state index in [-0.39, 0.29) is 12.5 Å². The Morgan fingerprint density at radius 1 is 1.47 bits per heavy atom. The number of carbonyl (C=O) groups excluding carboxylic acids is 1. The van der Waals surface area contributed by atoms with Gasteiger partial charge < -0.3 is 15.3 Å². The molecule has 0 radical (unpaired) electrons. The number of amides is 1. The quantitative estimate of drug-likeness (QED) is 0.757. The van der Waals surface area contributed by atoms with Gasteiger partial charge in [0.2, 0.25) is 10.1 Å². The van der Waals surface area contributed by atoms with Crippen LogP contribution in [0.5, 0.6) is 0 Å². The summed E-state index contributed by atoms with van der Waals surface area (Å²) < 4.78 is 0. The minimum absolute atomic E-state index is 0.0423. The Balaban J connectivity index is 2.64. The molecule has 0 aromatic carbocycles. The number of aromatic nitrogens is 2. The van der Waals surface area contributed by atoms with Crippen LogP contribution < -0.4 is 5.32 Å². The lowest BCUT2D eigenvalue weighted by atomic mass is 10.4. The number of likely N-dealkylation sites (N-methyl/N-ethyl adjacent to an activating group) is 1. The lowest BCUT2D eigenvalue weighted by molar-refractivity contribution is 0.0731. The van der Waals surface area contributed by atoms with Crippen LogP contribution in [0.1, 0.15) is 30.1 Å². The van der Waals surface area contributed by atoms with Crippen LogP contribution in [0.2, 0.25) is 0 Å². The summed E-state index contributed by atoms with van der Waals surface area (Å²) in [5.74, 6) is -0.177. The first-order valence-electron chi connectivity index (χ1n) is 5.70. The van der Waals surface area contributed by atoms with Crippen molar-refractivity contribution in [3.8, 4) is 0 Å². The third-order valence-corrected chi connectivity index (χ3v) is 3.04. The second kappa shape index (κ2) is 7.18. The van der Waals surface area contributed by atoms with Gasteiger partial charge >= 0.3 is 0 Å². The van der Waals surface area contributed by atoms with Crippen LogP contribution >= 0.6 is 11.3 Å². The van der Waals surface area contributed by atoms with Gasteiger partial charge in [0.1, 0.15) is 0 Å². The first-order chi connectivity index (χ1) is 8.22. The minimum atomic E-state index is -0.177. The molecule has 0 atom stereocenters. The summed E-state index contributed by atoms with van der Waals surface area (Å²) in [6.45, 7) is 5.57. The van der Waals surface area contributed by atoms with E-state index < -0.39 is 0 Å².